The first-order chi connectivity index (χ1) is 17.5. The van der Waals surface area contributed by atoms with Crippen LogP contribution < -0.4 is 19.5 Å². The molecule has 0 aromatic heterocycles. The number of hydrazone groups is 1. The van der Waals surface area contributed by atoms with Gasteiger partial charge in [0.05, 0.1) is 30.9 Å². The van der Waals surface area contributed by atoms with Crippen LogP contribution >= 0.6 is 27.7 Å². The number of amides is 1. The van der Waals surface area contributed by atoms with Crippen LogP contribution in [0.15, 0.2) is 81.2 Å². The van der Waals surface area contributed by atoms with Crippen molar-refractivity contribution in [1.29, 1.82) is 0 Å². The molecule has 3 aliphatic rings. The van der Waals surface area contributed by atoms with Gasteiger partial charge in [0, 0.05) is 16.5 Å². The second-order valence-corrected chi connectivity index (χ2v) is 10.5. The highest BCUT2D eigenvalue weighted by Gasteiger charge is 2.58. The van der Waals surface area contributed by atoms with Crippen molar-refractivity contribution in [2.75, 3.05) is 14.2 Å². The Morgan fingerprint density at radius 1 is 1.08 bits per heavy atom. The second kappa shape index (κ2) is 8.90. The van der Waals surface area contributed by atoms with E-state index in [9.17, 15) is 4.79 Å². The molecule has 1 saturated heterocycles. The molecule has 0 bridgehead atoms. The van der Waals surface area contributed by atoms with Gasteiger partial charge in [0.25, 0.3) is 5.24 Å². The molecule has 9 heteroatoms. The minimum absolute atomic E-state index is 0.124. The van der Waals surface area contributed by atoms with Crippen LogP contribution in [0.4, 0.5) is 4.79 Å². The van der Waals surface area contributed by atoms with E-state index in [0.29, 0.717) is 12.2 Å². The number of benzene rings is 3. The minimum atomic E-state index is -1.25. The smallest absolute Gasteiger partial charge is 0.314 e. The number of halogens is 1. The molecule has 3 aromatic rings. The molecule has 3 aliphatic heterocycles. The Bertz CT molecular complexity index is 1410. The van der Waals surface area contributed by atoms with Gasteiger partial charge in [-0.25, -0.2) is 5.01 Å². The summed E-state index contributed by atoms with van der Waals surface area (Å²) in [5.74, 6) is 1.02. The van der Waals surface area contributed by atoms with E-state index in [0.717, 1.165) is 55.0 Å². The number of nitrogens with zero attached hydrogens (tertiary/aromatic N) is 2. The van der Waals surface area contributed by atoms with Crippen LogP contribution in [0.3, 0.4) is 0 Å². The zero-order valence-electron chi connectivity index (χ0n) is 19.5. The van der Waals surface area contributed by atoms with E-state index in [1.807, 2.05) is 71.7 Å². The van der Waals surface area contributed by atoms with Gasteiger partial charge in [-0.1, -0.05) is 28.1 Å². The first-order valence-electron chi connectivity index (χ1n) is 11.3. The summed E-state index contributed by atoms with van der Waals surface area (Å²) in [6, 6.07) is 21.3. The van der Waals surface area contributed by atoms with Gasteiger partial charge in [-0.05, 0) is 83.6 Å². The topological polar surface area (TPSA) is 72.4 Å². The molecule has 3 heterocycles. The summed E-state index contributed by atoms with van der Waals surface area (Å²) in [6.45, 7) is 0. The predicted octanol–water partition coefficient (Wildman–Crippen LogP) is 6.16. The van der Waals surface area contributed by atoms with Crippen molar-refractivity contribution in [2.45, 2.75) is 18.3 Å². The van der Waals surface area contributed by atoms with Gasteiger partial charge in [0.2, 0.25) is 0 Å². The molecule has 0 saturated carbocycles. The molecular formula is C27H22BrN3O4S. The number of methoxy groups -OCH3 is 2. The number of nitrogens with one attached hydrogen (secondary N) is 1. The van der Waals surface area contributed by atoms with E-state index in [-0.39, 0.29) is 11.3 Å². The van der Waals surface area contributed by atoms with Crippen molar-refractivity contribution in [1.82, 2.24) is 10.3 Å². The van der Waals surface area contributed by atoms with Crippen LogP contribution in [-0.2, 0) is 0 Å². The predicted molar refractivity (Wildman–Crippen MR) is 143 cm³/mol. The number of thioether (sulfide) groups is 1. The fourth-order valence-electron chi connectivity index (χ4n) is 4.70. The number of fused-ring (bicyclic) bond motifs is 4. The normalized spacial score (nSPS) is 23.1. The van der Waals surface area contributed by atoms with Gasteiger partial charge in [-0.2, -0.15) is 5.10 Å². The summed E-state index contributed by atoms with van der Waals surface area (Å²) in [5.41, 5.74) is 3.84. The number of carbonyl (C=O) groups excluding carboxylic acids is 1. The third-order valence-electron chi connectivity index (χ3n) is 6.47. The van der Waals surface area contributed by atoms with Gasteiger partial charge < -0.3 is 14.2 Å². The van der Waals surface area contributed by atoms with E-state index in [1.165, 1.54) is 0 Å². The molecule has 0 radical (unpaired) electrons. The zero-order valence-corrected chi connectivity index (χ0v) is 21.9. The maximum atomic E-state index is 12.8. The van der Waals surface area contributed by atoms with Crippen molar-refractivity contribution < 1.29 is 19.0 Å². The fraction of sp³-hybridized carbons (Fsp3) is 0.185. The quantitative estimate of drug-likeness (QED) is 0.409. The van der Waals surface area contributed by atoms with Gasteiger partial charge in [-0.15, -0.1) is 0 Å². The number of hydrogen-bond donors (Lipinski definition) is 1. The molecule has 182 valence electrons. The standard InChI is InChI=1S/C27H22BrN3O4S/c1-33-19-8-3-16(4-9-19)13-25-27(29-26(32)36-25)31-23(21-14-18(28)7-12-24(21)35-27)15-22(30-31)17-5-10-20(34-2)11-6-17/h3-14,23H,15H2,1-2H3,(H,29,32)/b25-13-/t23-,27+/m1/s1. The molecule has 36 heavy (non-hydrogen) atoms. The Morgan fingerprint density at radius 3 is 2.47 bits per heavy atom. The first kappa shape index (κ1) is 23.0. The van der Waals surface area contributed by atoms with Gasteiger partial charge in [0.1, 0.15) is 17.2 Å². The SMILES string of the molecule is COc1ccc(/C=C2\SC(=O)N[C@@]23Oc2ccc(Br)cc2[C@H]2CC(c4ccc(OC)cc4)=NN23)cc1. The summed E-state index contributed by atoms with van der Waals surface area (Å²) < 4.78 is 18.2. The van der Waals surface area contributed by atoms with E-state index >= 15 is 0 Å². The first-order valence-corrected chi connectivity index (χ1v) is 13.0. The fourth-order valence-corrected chi connectivity index (χ4v) is 5.99. The van der Waals surface area contributed by atoms with Crippen LogP contribution in [0.1, 0.15) is 29.2 Å². The number of hydrogen-bond acceptors (Lipinski definition) is 7. The third-order valence-corrected chi connectivity index (χ3v) is 7.86. The van der Waals surface area contributed by atoms with Crippen molar-refractivity contribution >= 4 is 44.7 Å². The molecule has 1 N–H and O–H groups in total. The molecule has 1 fully saturated rings. The average Bonchev–Trinajstić information content (AvgIpc) is 3.48. The van der Waals surface area contributed by atoms with Crippen LogP contribution in [0.5, 0.6) is 17.2 Å². The average molecular weight is 564 g/mol. The maximum Gasteiger partial charge on any atom is 0.314 e. The van der Waals surface area contributed by atoms with Crippen LogP contribution in [0.25, 0.3) is 6.08 Å². The highest BCUT2D eigenvalue weighted by molar-refractivity contribution is 9.10. The van der Waals surface area contributed by atoms with E-state index in [2.05, 4.69) is 27.3 Å². The third kappa shape index (κ3) is 3.83. The van der Waals surface area contributed by atoms with Gasteiger partial charge in [-0.3, -0.25) is 10.1 Å². The Balaban J connectivity index is 1.47. The van der Waals surface area contributed by atoms with Crippen molar-refractivity contribution in [3.8, 4) is 17.2 Å². The monoisotopic (exact) mass is 563 g/mol. The van der Waals surface area contributed by atoms with Crippen LogP contribution in [-0.4, -0.2) is 36.0 Å². The van der Waals surface area contributed by atoms with Gasteiger partial charge in [0.15, 0.2) is 0 Å². The minimum Gasteiger partial charge on any atom is -0.497 e. The molecule has 0 unspecified atom stereocenters. The van der Waals surface area contributed by atoms with E-state index < -0.39 is 5.85 Å². The van der Waals surface area contributed by atoms with Crippen molar-refractivity contribution in [3.05, 3.63) is 92.8 Å². The zero-order chi connectivity index (χ0) is 24.9. The van der Waals surface area contributed by atoms with E-state index in [4.69, 9.17) is 19.3 Å². The molecule has 0 aliphatic carbocycles. The molecule has 3 aromatic carbocycles. The molecule has 2 atom stereocenters. The van der Waals surface area contributed by atoms with E-state index in [1.54, 1.807) is 14.2 Å². The lowest BCUT2D eigenvalue weighted by Crippen LogP contribution is -2.61. The maximum absolute atomic E-state index is 12.8. The van der Waals surface area contributed by atoms with Crippen molar-refractivity contribution in [2.24, 2.45) is 5.10 Å². The highest BCUT2D eigenvalue weighted by Crippen LogP contribution is 2.53. The lowest BCUT2D eigenvalue weighted by molar-refractivity contribution is -0.0949. The molecule has 6 rings (SSSR count). The number of carbonyl (C=O) groups is 1. The van der Waals surface area contributed by atoms with Gasteiger partial charge >= 0.3 is 5.85 Å². The Hall–Kier alpha value is -3.43. The Kier molecular flexibility index (Phi) is 5.69. The Labute approximate surface area is 221 Å². The highest BCUT2D eigenvalue weighted by atomic mass is 79.9. The largest absolute Gasteiger partial charge is 0.497 e. The lowest BCUT2D eigenvalue weighted by atomic mass is 9.95. The van der Waals surface area contributed by atoms with Crippen LogP contribution in [0.2, 0.25) is 0 Å². The second-order valence-electron chi connectivity index (χ2n) is 8.56. The summed E-state index contributed by atoms with van der Waals surface area (Å²) in [4.78, 5) is 13.5. The lowest BCUT2D eigenvalue weighted by Gasteiger charge is -2.45. The summed E-state index contributed by atoms with van der Waals surface area (Å²) in [7, 11) is 3.28. The van der Waals surface area contributed by atoms with Crippen molar-refractivity contribution in [3.63, 3.8) is 0 Å². The number of rotatable bonds is 4. The molecule has 7 nitrogen and oxygen atoms in total. The number of ether oxygens (including phenoxy) is 3. The summed E-state index contributed by atoms with van der Waals surface area (Å²) >= 11 is 4.72. The summed E-state index contributed by atoms with van der Waals surface area (Å²) in [5, 5.41) is 9.81. The molecular weight excluding hydrogens is 542 g/mol. The van der Waals surface area contributed by atoms with Crippen LogP contribution in [0, 0.1) is 0 Å². The Morgan fingerprint density at radius 2 is 1.78 bits per heavy atom. The molecule has 1 amide bonds. The summed E-state index contributed by atoms with van der Waals surface area (Å²) in [6.07, 6.45) is 2.63. The molecule has 1 spiro atoms.